The summed E-state index contributed by atoms with van der Waals surface area (Å²) >= 11 is 0. The number of likely N-dealkylation sites (N-methyl/N-ethyl adjacent to an activating group) is 1. The fourth-order valence-electron chi connectivity index (χ4n) is 2.74. The van der Waals surface area contributed by atoms with Gasteiger partial charge in [0.1, 0.15) is 0 Å². The minimum Gasteiger partial charge on any atom is -0.378 e. The van der Waals surface area contributed by atoms with Crippen LogP contribution in [0.4, 0.5) is 0 Å². The standard InChI is InChI=1S/C16H32BN5O5S/c1-18-2-6-25-8-10-27-11-9-26-7-3-22-16(17)15(19-20-22)14-21-4-12-28(23,24)13-5-21/h18H,2-14,17H2,1H3. The number of nitrogens with one attached hydrogen (secondary N) is 1. The molecule has 1 saturated heterocycles. The highest BCUT2D eigenvalue weighted by molar-refractivity contribution is 7.91. The maximum Gasteiger partial charge on any atom is 0.166 e. The van der Waals surface area contributed by atoms with E-state index in [1.165, 1.54) is 0 Å². The third-order valence-corrected chi connectivity index (χ3v) is 6.19. The molecule has 1 aliphatic rings. The highest BCUT2D eigenvalue weighted by Gasteiger charge is 2.23. The molecule has 28 heavy (non-hydrogen) atoms. The molecule has 1 aromatic heterocycles. The van der Waals surface area contributed by atoms with Crippen LogP contribution in [0.2, 0.25) is 0 Å². The molecule has 0 aliphatic carbocycles. The van der Waals surface area contributed by atoms with E-state index in [9.17, 15) is 8.42 Å². The summed E-state index contributed by atoms with van der Waals surface area (Å²) in [6.07, 6.45) is 0. The average Bonchev–Trinajstić information content (AvgIpc) is 3.01. The van der Waals surface area contributed by atoms with Crippen molar-refractivity contribution in [3.63, 3.8) is 0 Å². The van der Waals surface area contributed by atoms with Gasteiger partial charge >= 0.3 is 0 Å². The zero-order valence-corrected chi connectivity index (χ0v) is 17.7. The predicted molar refractivity (Wildman–Crippen MR) is 109 cm³/mol. The maximum absolute atomic E-state index is 11.5. The predicted octanol–water partition coefficient (Wildman–Crippen LogP) is -2.96. The van der Waals surface area contributed by atoms with Gasteiger partial charge < -0.3 is 19.5 Å². The number of aromatic nitrogens is 3. The Labute approximate surface area is 168 Å². The zero-order chi connectivity index (χ0) is 20.2. The number of hydrogen-bond donors (Lipinski definition) is 1. The lowest BCUT2D eigenvalue weighted by Gasteiger charge is -2.25. The molecule has 2 heterocycles. The van der Waals surface area contributed by atoms with Crippen LogP contribution in [0.3, 0.4) is 0 Å². The second kappa shape index (κ2) is 12.5. The van der Waals surface area contributed by atoms with Gasteiger partial charge in [-0.3, -0.25) is 9.58 Å². The lowest BCUT2D eigenvalue weighted by molar-refractivity contribution is 0.0136. The van der Waals surface area contributed by atoms with E-state index in [4.69, 9.17) is 14.2 Å². The second-order valence-corrected chi connectivity index (χ2v) is 9.02. The summed E-state index contributed by atoms with van der Waals surface area (Å²) in [7, 11) is 1.01. The summed E-state index contributed by atoms with van der Waals surface area (Å²) in [5, 5.41) is 11.4. The Morgan fingerprint density at radius 2 is 1.64 bits per heavy atom. The van der Waals surface area contributed by atoms with Crippen LogP contribution < -0.4 is 10.9 Å². The fourth-order valence-corrected chi connectivity index (χ4v) is 4.02. The van der Waals surface area contributed by atoms with E-state index < -0.39 is 9.84 Å². The molecule has 1 fully saturated rings. The highest BCUT2D eigenvalue weighted by Crippen LogP contribution is 2.06. The molecule has 0 spiro atoms. The Morgan fingerprint density at radius 3 is 2.29 bits per heavy atom. The summed E-state index contributed by atoms with van der Waals surface area (Å²) in [5.41, 5.74) is 1.88. The lowest BCUT2D eigenvalue weighted by atomic mass is 10.0. The van der Waals surface area contributed by atoms with Crippen molar-refractivity contribution in [1.29, 1.82) is 0 Å². The molecule has 1 aliphatic heterocycles. The van der Waals surface area contributed by atoms with Crippen molar-refractivity contribution in [3.8, 4) is 0 Å². The highest BCUT2D eigenvalue weighted by atomic mass is 32.2. The van der Waals surface area contributed by atoms with E-state index in [0.29, 0.717) is 65.8 Å². The molecule has 10 nitrogen and oxygen atoms in total. The van der Waals surface area contributed by atoms with Gasteiger partial charge in [0.25, 0.3) is 0 Å². The Balaban J connectivity index is 1.55. The summed E-state index contributed by atoms with van der Waals surface area (Å²) in [4.78, 5) is 2.11. The van der Waals surface area contributed by atoms with E-state index in [1.54, 1.807) is 0 Å². The van der Waals surface area contributed by atoms with Crippen molar-refractivity contribution >= 4 is 23.3 Å². The number of rotatable bonds is 14. The first-order valence-electron chi connectivity index (χ1n) is 9.71. The van der Waals surface area contributed by atoms with Gasteiger partial charge in [-0.05, 0) is 7.05 Å². The minimum atomic E-state index is -2.86. The second-order valence-electron chi connectivity index (χ2n) is 6.71. The first-order valence-corrected chi connectivity index (χ1v) is 11.5. The molecule has 0 atom stereocenters. The van der Waals surface area contributed by atoms with E-state index >= 15 is 0 Å². The third-order valence-electron chi connectivity index (χ3n) is 4.58. The molecule has 0 aromatic carbocycles. The zero-order valence-electron chi connectivity index (χ0n) is 16.9. The summed E-state index contributed by atoms with van der Waals surface area (Å²) in [5.74, 6) is 0.441. The Kier molecular flexibility index (Phi) is 10.4. The van der Waals surface area contributed by atoms with Gasteiger partial charge in [0, 0.05) is 31.8 Å². The molecule has 0 saturated carbocycles. The summed E-state index contributed by atoms with van der Waals surface area (Å²) in [6.45, 7) is 6.64. The van der Waals surface area contributed by atoms with Crippen LogP contribution in [0.15, 0.2) is 0 Å². The molecule has 0 amide bonds. The molecule has 0 radical (unpaired) electrons. The van der Waals surface area contributed by atoms with E-state index in [-0.39, 0.29) is 11.5 Å². The molecular weight excluding hydrogens is 385 g/mol. The lowest BCUT2D eigenvalue weighted by Crippen LogP contribution is -2.40. The van der Waals surface area contributed by atoms with Crippen molar-refractivity contribution in [2.45, 2.75) is 13.1 Å². The van der Waals surface area contributed by atoms with Crippen molar-refractivity contribution in [2.24, 2.45) is 0 Å². The van der Waals surface area contributed by atoms with Crippen LogP contribution in [0.5, 0.6) is 0 Å². The van der Waals surface area contributed by atoms with Gasteiger partial charge in [-0.2, -0.15) is 0 Å². The molecule has 12 heteroatoms. The number of sulfone groups is 1. The molecule has 160 valence electrons. The topological polar surface area (TPSA) is 108 Å². The van der Waals surface area contributed by atoms with Crippen LogP contribution in [0.1, 0.15) is 5.69 Å². The van der Waals surface area contributed by atoms with Crippen LogP contribution in [0.25, 0.3) is 0 Å². The van der Waals surface area contributed by atoms with Gasteiger partial charge in [0.2, 0.25) is 0 Å². The largest absolute Gasteiger partial charge is 0.378 e. The normalized spacial score (nSPS) is 17.2. The van der Waals surface area contributed by atoms with Crippen molar-refractivity contribution in [3.05, 3.63) is 5.69 Å². The average molecular weight is 417 g/mol. The number of ether oxygens (including phenoxy) is 3. The van der Waals surface area contributed by atoms with Crippen molar-refractivity contribution < 1.29 is 22.6 Å². The molecule has 1 aromatic rings. The molecule has 0 unspecified atom stereocenters. The van der Waals surface area contributed by atoms with E-state index in [2.05, 4.69) is 20.5 Å². The van der Waals surface area contributed by atoms with E-state index in [1.807, 2.05) is 19.6 Å². The Bertz CT molecular complexity index is 658. The van der Waals surface area contributed by atoms with Gasteiger partial charge in [-0.25, -0.2) is 8.42 Å². The van der Waals surface area contributed by atoms with Crippen molar-refractivity contribution in [1.82, 2.24) is 25.2 Å². The smallest absolute Gasteiger partial charge is 0.166 e. The molecular formula is C16H32BN5O5S. The monoisotopic (exact) mass is 417 g/mol. The fraction of sp³-hybridized carbons (Fsp3) is 0.875. The Morgan fingerprint density at radius 1 is 1.04 bits per heavy atom. The first-order chi connectivity index (χ1) is 13.5. The molecule has 1 N–H and O–H groups in total. The van der Waals surface area contributed by atoms with Crippen molar-refractivity contribution in [2.75, 3.05) is 77.8 Å². The summed E-state index contributed by atoms with van der Waals surface area (Å²) < 4.78 is 41.2. The number of nitrogens with zero attached hydrogens (tertiary/aromatic N) is 4. The number of hydrogen-bond acceptors (Lipinski definition) is 9. The summed E-state index contributed by atoms with van der Waals surface area (Å²) in [6, 6.07) is 0. The maximum atomic E-state index is 11.5. The molecule has 2 rings (SSSR count). The third kappa shape index (κ3) is 8.54. The quantitative estimate of drug-likeness (QED) is 0.251. The minimum absolute atomic E-state index is 0.220. The van der Waals surface area contributed by atoms with Crippen LogP contribution >= 0.6 is 0 Å². The Hall–Kier alpha value is -1.05. The molecule has 0 bridgehead atoms. The van der Waals surface area contributed by atoms with Crippen LogP contribution in [0, 0.1) is 0 Å². The van der Waals surface area contributed by atoms with Gasteiger partial charge in [-0.1, -0.05) is 5.21 Å². The van der Waals surface area contributed by atoms with Gasteiger partial charge in [0.05, 0.1) is 63.4 Å². The van der Waals surface area contributed by atoms with E-state index in [0.717, 1.165) is 17.8 Å². The van der Waals surface area contributed by atoms with Crippen LogP contribution in [-0.2, 0) is 37.1 Å². The SMILES string of the molecule is Bc1c(CN2CCS(=O)(=O)CC2)nnn1CCOCCOCCOCCNC. The van der Waals surface area contributed by atoms with Crippen LogP contribution in [-0.4, -0.2) is 114 Å². The van der Waals surface area contributed by atoms with Gasteiger partial charge in [0.15, 0.2) is 17.7 Å². The first kappa shape index (κ1) is 23.2. The van der Waals surface area contributed by atoms with Gasteiger partial charge in [-0.15, -0.1) is 5.10 Å².